The van der Waals surface area contributed by atoms with Crippen molar-refractivity contribution in [2.45, 2.75) is 25.4 Å². The molecule has 1 aliphatic heterocycles. The fourth-order valence-electron chi connectivity index (χ4n) is 4.10. The van der Waals surface area contributed by atoms with Crippen LogP contribution in [0.5, 0.6) is 0 Å². The van der Waals surface area contributed by atoms with Gasteiger partial charge in [-0.2, -0.15) is 0 Å². The summed E-state index contributed by atoms with van der Waals surface area (Å²) in [5, 5.41) is 0.579. The van der Waals surface area contributed by atoms with Crippen LogP contribution in [0, 0.1) is 0 Å². The number of hydrogen-bond donors (Lipinski definition) is 0. The molecule has 5 rings (SSSR count). The number of nitrogens with zero attached hydrogens (tertiary/aromatic N) is 5. The van der Waals surface area contributed by atoms with Crippen LogP contribution in [0.2, 0.25) is 0 Å². The number of imidazole rings is 1. The van der Waals surface area contributed by atoms with Gasteiger partial charge in [0.1, 0.15) is 0 Å². The molecule has 0 aliphatic carbocycles. The molecule has 29 heavy (non-hydrogen) atoms. The minimum absolute atomic E-state index is 0.0666. The zero-order chi connectivity index (χ0) is 19.8. The van der Waals surface area contributed by atoms with E-state index in [1.807, 2.05) is 47.6 Å². The quantitative estimate of drug-likeness (QED) is 0.540. The molecular formula is C22H21N5O2. The number of amides is 1. The Bertz CT molecular complexity index is 1260. The van der Waals surface area contributed by atoms with E-state index in [2.05, 4.69) is 20.6 Å². The van der Waals surface area contributed by atoms with Crippen molar-refractivity contribution in [3.8, 4) is 0 Å². The van der Waals surface area contributed by atoms with Crippen LogP contribution in [0.15, 0.2) is 66.0 Å². The van der Waals surface area contributed by atoms with Crippen molar-refractivity contribution < 1.29 is 4.79 Å². The fraction of sp³-hybridized carbons (Fsp3) is 0.273. The smallest absolute Gasteiger partial charge is 0.261 e. The average molecular weight is 387 g/mol. The molecule has 1 amide bonds. The second kappa shape index (κ2) is 7.16. The van der Waals surface area contributed by atoms with E-state index < -0.39 is 0 Å². The molecule has 3 heterocycles. The Morgan fingerprint density at radius 3 is 2.66 bits per heavy atom. The summed E-state index contributed by atoms with van der Waals surface area (Å²) in [4.78, 5) is 36.0. The number of likely N-dealkylation sites (tertiary alicyclic amines) is 1. The van der Waals surface area contributed by atoms with Crippen LogP contribution in [0.25, 0.3) is 21.9 Å². The predicted octanol–water partition coefficient (Wildman–Crippen LogP) is 2.61. The zero-order valence-corrected chi connectivity index (χ0v) is 15.9. The summed E-state index contributed by atoms with van der Waals surface area (Å²) in [6.45, 7) is 1.73. The molecule has 2 aromatic heterocycles. The van der Waals surface area contributed by atoms with Gasteiger partial charge in [0.05, 0.1) is 40.6 Å². The highest BCUT2D eigenvalue weighted by Crippen LogP contribution is 2.26. The van der Waals surface area contributed by atoms with Crippen molar-refractivity contribution in [2.24, 2.45) is 0 Å². The number of carbonyl (C=O) groups excluding carboxylic acids is 1. The molecule has 0 radical (unpaired) electrons. The third kappa shape index (κ3) is 3.18. The number of aromatic nitrogens is 4. The van der Waals surface area contributed by atoms with E-state index in [1.165, 1.54) is 10.9 Å². The van der Waals surface area contributed by atoms with E-state index in [1.54, 1.807) is 6.07 Å². The number of para-hydroxylation sites is 3. The van der Waals surface area contributed by atoms with E-state index in [-0.39, 0.29) is 23.9 Å². The third-order valence-corrected chi connectivity index (χ3v) is 5.69. The van der Waals surface area contributed by atoms with E-state index in [0.29, 0.717) is 24.0 Å². The second-order valence-electron chi connectivity index (χ2n) is 7.43. The minimum atomic E-state index is -0.104. The number of hydrogen-bond acceptors (Lipinski definition) is 4. The highest BCUT2D eigenvalue weighted by atomic mass is 16.2. The molecule has 0 bridgehead atoms. The number of fused-ring (bicyclic) bond motifs is 2. The second-order valence-corrected chi connectivity index (χ2v) is 7.43. The Balaban J connectivity index is 1.26. The van der Waals surface area contributed by atoms with Gasteiger partial charge in [-0.05, 0) is 30.7 Å². The van der Waals surface area contributed by atoms with Crippen molar-refractivity contribution in [3.63, 3.8) is 0 Å². The number of rotatable bonds is 4. The topological polar surface area (TPSA) is 73.0 Å². The molecule has 0 N–H and O–H groups in total. The van der Waals surface area contributed by atoms with Gasteiger partial charge >= 0.3 is 0 Å². The molecule has 7 heteroatoms. The van der Waals surface area contributed by atoms with Crippen molar-refractivity contribution in [3.05, 3.63) is 71.5 Å². The number of carbonyl (C=O) groups is 1. The fourth-order valence-corrected chi connectivity index (χ4v) is 4.10. The van der Waals surface area contributed by atoms with Crippen LogP contribution in [-0.2, 0) is 11.3 Å². The molecule has 2 aromatic carbocycles. The van der Waals surface area contributed by atoms with Gasteiger partial charge in [0.2, 0.25) is 5.91 Å². The summed E-state index contributed by atoms with van der Waals surface area (Å²) in [5.41, 5.74) is 2.64. The molecule has 4 aromatic rings. The van der Waals surface area contributed by atoms with Crippen molar-refractivity contribution in [1.82, 2.24) is 24.0 Å². The van der Waals surface area contributed by atoms with Crippen LogP contribution >= 0.6 is 0 Å². The minimum Gasteiger partial charge on any atom is -0.340 e. The first kappa shape index (κ1) is 17.6. The summed E-state index contributed by atoms with van der Waals surface area (Å²) in [5.74, 6) is 0.0666. The van der Waals surface area contributed by atoms with Crippen LogP contribution in [0.3, 0.4) is 0 Å². The van der Waals surface area contributed by atoms with Gasteiger partial charge in [-0.3, -0.25) is 14.2 Å². The molecule has 146 valence electrons. The lowest BCUT2D eigenvalue weighted by Gasteiger charge is -2.18. The van der Waals surface area contributed by atoms with Crippen molar-refractivity contribution in [2.75, 3.05) is 13.1 Å². The highest BCUT2D eigenvalue weighted by molar-refractivity contribution is 5.78. The predicted molar refractivity (Wildman–Crippen MR) is 111 cm³/mol. The van der Waals surface area contributed by atoms with Crippen LogP contribution in [0.4, 0.5) is 0 Å². The SMILES string of the molecule is O=C(CCn1cnc2ccccc2c1=O)N1CC[C@@H](n2cnc3ccccc32)C1. The lowest BCUT2D eigenvalue weighted by atomic mass is 10.2. The van der Waals surface area contributed by atoms with Gasteiger partial charge in [-0.15, -0.1) is 0 Å². The number of aryl methyl sites for hydroxylation is 1. The van der Waals surface area contributed by atoms with Crippen molar-refractivity contribution in [1.29, 1.82) is 0 Å². The Morgan fingerprint density at radius 2 is 1.76 bits per heavy atom. The lowest BCUT2D eigenvalue weighted by Crippen LogP contribution is -2.31. The van der Waals surface area contributed by atoms with Gasteiger partial charge in [-0.25, -0.2) is 9.97 Å². The summed E-state index contributed by atoms with van der Waals surface area (Å²) < 4.78 is 3.69. The Kier molecular flexibility index (Phi) is 4.35. The molecule has 1 saturated heterocycles. The summed E-state index contributed by atoms with van der Waals surface area (Å²) in [6.07, 6.45) is 4.59. The molecule has 0 spiro atoms. The first-order valence-corrected chi connectivity index (χ1v) is 9.84. The van der Waals surface area contributed by atoms with Gasteiger partial charge in [0, 0.05) is 26.1 Å². The van der Waals surface area contributed by atoms with Gasteiger partial charge in [0.25, 0.3) is 5.56 Å². The molecule has 0 saturated carbocycles. The van der Waals surface area contributed by atoms with Crippen LogP contribution < -0.4 is 5.56 Å². The summed E-state index contributed by atoms with van der Waals surface area (Å²) in [6, 6.07) is 15.5. The number of benzene rings is 2. The molecule has 1 fully saturated rings. The third-order valence-electron chi connectivity index (χ3n) is 5.69. The summed E-state index contributed by atoms with van der Waals surface area (Å²) >= 11 is 0. The highest BCUT2D eigenvalue weighted by Gasteiger charge is 2.28. The monoisotopic (exact) mass is 387 g/mol. The molecule has 7 nitrogen and oxygen atoms in total. The van der Waals surface area contributed by atoms with E-state index in [4.69, 9.17) is 0 Å². The van der Waals surface area contributed by atoms with E-state index in [0.717, 1.165) is 24.0 Å². The normalized spacial score (nSPS) is 16.7. The van der Waals surface area contributed by atoms with E-state index in [9.17, 15) is 9.59 Å². The maximum absolute atomic E-state index is 12.7. The van der Waals surface area contributed by atoms with Crippen LogP contribution in [0.1, 0.15) is 18.9 Å². The zero-order valence-electron chi connectivity index (χ0n) is 15.9. The van der Waals surface area contributed by atoms with Gasteiger partial charge in [0.15, 0.2) is 0 Å². The average Bonchev–Trinajstić information content (AvgIpc) is 3.40. The maximum atomic E-state index is 12.7. The van der Waals surface area contributed by atoms with E-state index >= 15 is 0 Å². The van der Waals surface area contributed by atoms with Crippen LogP contribution in [-0.4, -0.2) is 43.0 Å². The maximum Gasteiger partial charge on any atom is 0.261 e. The van der Waals surface area contributed by atoms with Gasteiger partial charge in [-0.1, -0.05) is 24.3 Å². The lowest BCUT2D eigenvalue weighted by molar-refractivity contribution is -0.130. The van der Waals surface area contributed by atoms with Crippen molar-refractivity contribution >= 4 is 27.8 Å². The Labute approximate surface area is 167 Å². The molecular weight excluding hydrogens is 366 g/mol. The summed E-state index contributed by atoms with van der Waals surface area (Å²) in [7, 11) is 0. The molecule has 1 atom stereocenters. The standard InChI is InChI=1S/C22H21N5O2/c28-21(10-12-26-14-23-18-6-2-1-5-17(18)22(26)29)25-11-9-16(13-25)27-15-24-19-7-3-4-8-20(19)27/h1-8,14-16H,9-13H2/t16-/m1/s1. The Morgan fingerprint density at radius 1 is 1.00 bits per heavy atom. The molecule has 1 aliphatic rings. The van der Waals surface area contributed by atoms with Gasteiger partial charge < -0.3 is 9.47 Å². The Hall–Kier alpha value is -3.48. The first-order chi connectivity index (χ1) is 14.2. The first-order valence-electron chi connectivity index (χ1n) is 9.84. The largest absolute Gasteiger partial charge is 0.340 e. The molecule has 0 unspecified atom stereocenters.